The number of benzene rings is 2. The van der Waals surface area contributed by atoms with Crippen LogP contribution in [0.2, 0.25) is 0 Å². The van der Waals surface area contributed by atoms with Gasteiger partial charge in [0.1, 0.15) is 0 Å². The molecule has 0 saturated carbocycles. The van der Waals surface area contributed by atoms with Crippen molar-refractivity contribution in [3.8, 4) is 11.4 Å². The van der Waals surface area contributed by atoms with E-state index >= 15 is 0 Å². The highest BCUT2D eigenvalue weighted by molar-refractivity contribution is 5.80. The zero-order valence-corrected chi connectivity index (χ0v) is 14.2. The van der Waals surface area contributed by atoms with Crippen molar-refractivity contribution in [2.75, 3.05) is 5.43 Å². The van der Waals surface area contributed by atoms with Crippen molar-refractivity contribution >= 4 is 12.0 Å². The smallest absolute Gasteiger partial charge is 0.161 e. The Balaban J connectivity index is 1.93. The quantitative estimate of drug-likeness (QED) is 0.408. The van der Waals surface area contributed by atoms with Gasteiger partial charge in [0, 0.05) is 16.8 Å². The van der Waals surface area contributed by atoms with Crippen LogP contribution < -0.4 is 5.43 Å². The topological polar surface area (TPSA) is 50.2 Å². The van der Waals surface area contributed by atoms with Gasteiger partial charge in [0.25, 0.3) is 0 Å². The summed E-state index contributed by atoms with van der Waals surface area (Å²) in [5.41, 5.74) is 6.99. The zero-order chi connectivity index (χ0) is 17.5. The number of nitrogens with zero attached hydrogens (tertiary/aromatic N) is 3. The molecule has 1 heterocycles. The summed E-state index contributed by atoms with van der Waals surface area (Å²) in [5, 5.41) is 4.33. The second kappa shape index (κ2) is 8.02. The van der Waals surface area contributed by atoms with E-state index in [1.54, 1.807) is 6.21 Å². The van der Waals surface area contributed by atoms with Gasteiger partial charge in [0.05, 0.1) is 6.21 Å². The average Bonchev–Trinajstić information content (AvgIpc) is 2.66. The highest BCUT2D eigenvalue weighted by atomic mass is 15.3. The van der Waals surface area contributed by atoms with Crippen molar-refractivity contribution in [3.05, 3.63) is 90.1 Å². The number of allylic oxidation sites excluding steroid dienone is 1. The summed E-state index contributed by atoms with van der Waals surface area (Å²) in [6.07, 6.45) is 4.31. The summed E-state index contributed by atoms with van der Waals surface area (Å²) < 4.78 is 0. The van der Waals surface area contributed by atoms with Crippen LogP contribution in [0, 0.1) is 6.92 Å². The predicted molar refractivity (Wildman–Crippen MR) is 104 cm³/mol. The molecule has 0 fully saturated rings. The minimum absolute atomic E-state index is 0.684. The van der Waals surface area contributed by atoms with E-state index in [-0.39, 0.29) is 0 Å². The summed E-state index contributed by atoms with van der Waals surface area (Å²) >= 11 is 0. The molecule has 1 aromatic heterocycles. The Morgan fingerprint density at radius 3 is 2.36 bits per heavy atom. The molecule has 1 N–H and O–H groups in total. The molecule has 124 valence electrons. The van der Waals surface area contributed by atoms with E-state index in [9.17, 15) is 0 Å². The minimum Gasteiger partial charge on any atom is -0.261 e. The molecule has 0 unspecified atom stereocenters. The fourth-order valence-corrected chi connectivity index (χ4v) is 2.50. The molecule has 0 bridgehead atoms. The second-order valence-corrected chi connectivity index (χ2v) is 5.60. The third-order valence-corrected chi connectivity index (χ3v) is 3.78. The molecule has 2 aromatic carbocycles. The van der Waals surface area contributed by atoms with E-state index in [0.29, 0.717) is 18.1 Å². The Morgan fingerprint density at radius 1 is 1.00 bits per heavy atom. The number of aryl methyl sites for hydroxylation is 1. The zero-order valence-electron chi connectivity index (χ0n) is 14.2. The van der Waals surface area contributed by atoms with E-state index < -0.39 is 0 Å². The van der Waals surface area contributed by atoms with Crippen molar-refractivity contribution in [1.82, 2.24) is 9.97 Å². The van der Waals surface area contributed by atoms with Gasteiger partial charge in [0.15, 0.2) is 11.6 Å². The first-order valence-corrected chi connectivity index (χ1v) is 8.16. The molecular formula is C21H20N4. The molecule has 0 spiro atoms. The molecule has 0 radical (unpaired) electrons. The third-order valence-electron chi connectivity index (χ3n) is 3.78. The Bertz CT molecular complexity index is 871. The maximum absolute atomic E-state index is 4.67. The fourth-order valence-electron chi connectivity index (χ4n) is 2.50. The Morgan fingerprint density at radius 2 is 1.68 bits per heavy atom. The summed E-state index contributed by atoms with van der Waals surface area (Å²) in [5.74, 6) is 1.39. The van der Waals surface area contributed by atoms with Gasteiger partial charge in [-0.3, -0.25) is 5.43 Å². The standard InChI is InChI=1S/C21H20N4/c1-3-10-19-16(2)23-20(18-13-8-5-9-14-18)24-21(19)25-22-15-17-11-6-4-7-12-17/h3-9,11-15H,1,10H2,2H3,(H,23,24,25)/b22-15-. The lowest BCUT2D eigenvalue weighted by Crippen LogP contribution is -2.05. The van der Waals surface area contributed by atoms with Gasteiger partial charge in [0.2, 0.25) is 0 Å². The summed E-state index contributed by atoms with van der Waals surface area (Å²) in [7, 11) is 0. The van der Waals surface area contributed by atoms with Crippen LogP contribution in [0.25, 0.3) is 11.4 Å². The minimum atomic E-state index is 0.684. The van der Waals surface area contributed by atoms with Crippen molar-refractivity contribution in [2.45, 2.75) is 13.3 Å². The number of hydrogen-bond donors (Lipinski definition) is 1. The highest BCUT2D eigenvalue weighted by Gasteiger charge is 2.11. The number of nitrogens with one attached hydrogen (secondary N) is 1. The van der Waals surface area contributed by atoms with Crippen LogP contribution in [0.15, 0.2) is 78.4 Å². The van der Waals surface area contributed by atoms with Crippen LogP contribution in [-0.2, 0) is 6.42 Å². The van der Waals surface area contributed by atoms with Crippen LogP contribution >= 0.6 is 0 Å². The van der Waals surface area contributed by atoms with Gasteiger partial charge < -0.3 is 0 Å². The largest absolute Gasteiger partial charge is 0.261 e. The van der Waals surface area contributed by atoms with Gasteiger partial charge in [-0.1, -0.05) is 66.7 Å². The number of hydrogen-bond acceptors (Lipinski definition) is 4. The van der Waals surface area contributed by atoms with Crippen LogP contribution in [0.5, 0.6) is 0 Å². The first-order valence-electron chi connectivity index (χ1n) is 8.16. The van der Waals surface area contributed by atoms with Crippen molar-refractivity contribution < 1.29 is 0 Å². The SMILES string of the molecule is C=CCc1c(C)nc(-c2ccccc2)nc1N/N=C\c1ccccc1. The lowest BCUT2D eigenvalue weighted by molar-refractivity contribution is 1.03. The highest BCUT2D eigenvalue weighted by Crippen LogP contribution is 2.23. The molecule has 0 aliphatic rings. The number of anilines is 1. The molecule has 25 heavy (non-hydrogen) atoms. The van der Waals surface area contributed by atoms with E-state index in [4.69, 9.17) is 0 Å². The summed E-state index contributed by atoms with van der Waals surface area (Å²) in [6.45, 7) is 5.81. The van der Waals surface area contributed by atoms with E-state index in [0.717, 1.165) is 22.4 Å². The van der Waals surface area contributed by atoms with Crippen molar-refractivity contribution in [3.63, 3.8) is 0 Å². The molecule has 0 atom stereocenters. The first-order chi connectivity index (χ1) is 12.3. The Kier molecular flexibility index (Phi) is 5.32. The Hall–Kier alpha value is -3.27. The van der Waals surface area contributed by atoms with Crippen LogP contribution in [0.4, 0.5) is 5.82 Å². The predicted octanol–water partition coefficient (Wildman–Crippen LogP) is 4.63. The summed E-state index contributed by atoms with van der Waals surface area (Å²) in [4.78, 5) is 9.31. The van der Waals surface area contributed by atoms with Gasteiger partial charge in [-0.25, -0.2) is 9.97 Å². The van der Waals surface area contributed by atoms with Gasteiger partial charge in [-0.15, -0.1) is 6.58 Å². The molecule has 4 nitrogen and oxygen atoms in total. The second-order valence-electron chi connectivity index (χ2n) is 5.60. The maximum Gasteiger partial charge on any atom is 0.161 e. The molecule has 4 heteroatoms. The van der Waals surface area contributed by atoms with E-state index in [2.05, 4.69) is 27.1 Å². The molecule has 0 saturated heterocycles. The summed E-state index contributed by atoms with van der Waals surface area (Å²) in [6, 6.07) is 19.9. The third kappa shape index (κ3) is 4.18. The van der Waals surface area contributed by atoms with Crippen molar-refractivity contribution in [2.24, 2.45) is 5.10 Å². The molecule has 0 amide bonds. The monoisotopic (exact) mass is 328 g/mol. The van der Waals surface area contributed by atoms with Gasteiger partial charge in [-0.2, -0.15) is 5.10 Å². The number of aromatic nitrogens is 2. The molecular weight excluding hydrogens is 308 g/mol. The average molecular weight is 328 g/mol. The number of hydrazone groups is 1. The van der Waals surface area contributed by atoms with Gasteiger partial charge in [-0.05, 0) is 18.9 Å². The molecule has 3 rings (SSSR count). The van der Waals surface area contributed by atoms with E-state index in [1.165, 1.54) is 0 Å². The van der Waals surface area contributed by atoms with E-state index in [1.807, 2.05) is 73.7 Å². The van der Waals surface area contributed by atoms with Crippen molar-refractivity contribution in [1.29, 1.82) is 0 Å². The van der Waals surface area contributed by atoms with Crippen LogP contribution in [0.1, 0.15) is 16.8 Å². The van der Waals surface area contributed by atoms with Gasteiger partial charge >= 0.3 is 0 Å². The molecule has 0 aliphatic heterocycles. The maximum atomic E-state index is 4.67. The molecule has 3 aromatic rings. The van der Waals surface area contributed by atoms with Crippen LogP contribution in [-0.4, -0.2) is 16.2 Å². The lowest BCUT2D eigenvalue weighted by Gasteiger charge is -2.11. The molecule has 0 aliphatic carbocycles. The Labute approximate surface area is 148 Å². The normalized spacial score (nSPS) is 10.8. The lowest BCUT2D eigenvalue weighted by atomic mass is 10.1. The van der Waals surface area contributed by atoms with Crippen LogP contribution in [0.3, 0.4) is 0 Å². The first kappa shape index (κ1) is 16.6. The number of rotatable bonds is 6. The fraction of sp³-hybridized carbons (Fsp3) is 0.0952.